The van der Waals surface area contributed by atoms with Gasteiger partial charge in [0.1, 0.15) is 5.82 Å². The van der Waals surface area contributed by atoms with Gasteiger partial charge in [-0.1, -0.05) is 13.0 Å². The molecule has 0 amide bonds. The highest BCUT2D eigenvalue weighted by Gasteiger charge is 2.18. The van der Waals surface area contributed by atoms with Crippen molar-refractivity contribution in [2.75, 3.05) is 51.7 Å². The summed E-state index contributed by atoms with van der Waals surface area (Å²) < 4.78 is 0. The highest BCUT2D eigenvalue weighted by atomic mass is 127. The summed E-state index contributed by atoms with van der Waals surface area (Å²) >= 11 is 1.74. The van der Waals surface area contributed by atoms with Crippen molar-refractivity contribution in [1.82, 2.24) is 20.5 Å². The highest BCUT2D eigenvalue weighted by molar-refractivity contribution is 14.0. The number of anilines is 1. The van der Waals surface area contributed by atoms with Gasteiger partial charge in [0.05, 0.1) is 0 Å². The lowest BCUT2D eigenvalue weighted by atomic mass is 10.1. The Labute approximate surface area is 189 Å². The summed E-state index contributed by atoms with van der Waals surface area (Å²) in [4.78, 5) is 13.8. The summed E-state index contributed by atoms with van der Waals surface area (Å²) in [5, 5.41) is 11.2. The molecule has 2 N–H and O–H groups in total. The number of aliphatic imine (C=N–C) groups is 1. The van der Waals surface area contributed by atoms with Crippen molar-refractivity contribution >= 4 is 47.1 Å². The molecule has 0 spiro atoms. The first-order valence-electron chi connectivity index (χ1n) is 9.51. The number of hydrogen-bond donors (Lipinski definition) is 2. The Hall–Kier alpha value is -1.39. The van der Waals surface area contributed by atoms with E-state index in [1.54, 1.807) is 11.3 Å². The van der Waals surface area contributed by atoms with Crippen LogP contribution in [0.1, 0.15) is 24.0 Å². The monoisotopic (exact) mass is 514 g/mol. The third-order valence-electron chi connectivity index (χ3n) is 5.03. The van der Waals surface area contributed by atoms with Crippen LogP contribution in [0.15, 0.2) is 40.1 Å². The fourth-order valence-electron chi connectivity index (χ4n) is 3.19. The molecule has 1 aliphatic rings. The van der Waals surface area contributed by atoms with Gasteiger partial charge in [0.15, 0.2) is 5.96 Å². The maximum absolute atomic E-state index is 4.65. The first-order chi connectivity index (χ1) is 13.2. The lowest BCUT2D eigenvalue weighted by Gasteiger charge is -2.34. The Balaban J connectivity index is 0.00000280. The topological polar surface area (TPSA) is 55.8 Å². The zero-order valence-electron chi connectivity index (χ0n) is 16.9. The van der Waals surface area contributed by atoms with Crippen molar-refractivity contribution < 1.29 is 0 Å². The van der Waals surface area contributed by atoms with Crippen LogP contribution in [0.25, 0.3) is 0 Å². The van der Waals surface area contributed by atoms with Gasteiger partial charge in [0.25, 0.3) is 0 Å². The molecule has 28 heavy (non-hydrogen) atoms. The van der Waals surface area contributed by atoms with Crippen LogP contribution in [-0.2, 0) is 6.54 Å². The molecule has 1 atom stereocenters. The number of halogens is 1. The van der Waals surface area contributed by atoms with Crippen LogP contribution < -0.4 is 15.5 Å². The smallest absolute Gasteiger partial charge is 0.191 e. The average molecular weight is 514 g/mol. The van der Waals surface area contributed by atoms with Crippen LogP contribution >= 0.6 is 35.3 Å². The van der Waals surface area contributed by atoms with E-state index < -0.39 is 0 Å². The maximum Gasteiger partial charge on any atom is 0.191 e. The minimum atomic E-state index is 0. The van der Waals surface area contributed by atoms with Crippen molar-refractivity contribution in [3.05, 3.63) is 46.3 Å². The molecule has 0 aliphatic carbocycles. The molecule has 1 unspecified atom stereocenters. The summed E-state index contributed by atoms with van der Waals surface area (Å²) in [7, 11) is 3.99. The number of nitrogens with one attached hydrogen (secondary N) is 2. The molecular weight excluding hydrogens is 483 g/mol. The summed E-state index contributed by atoms with van der Waals surface area (Å²) in [6.07, 6.45) is 1.88. The van der Waals surface area contributed by atoms with E-state index in [1.165, 1.54) is 11.1 Å². The fraction of sp³-hybridized carbons (Fsp3) is 0.500. The quantitative estimate of drug-likeness (QED) is 0.353. The Bertz CT molecular complexity index is 728. The second-order valence-electron chi connectivity index (χ2n) is 7.04. The number of likely N-dealkylation sites (N-methyl/N-ethyl adjacent to an activating group) is 1. The third-order valence-corrected chi connectivity index (χ3v) is 5.73. The van der Waals surface area contributed by atoms with E-state index >= 15 is 0 Å². The van der Waals surface area contributed by atoms with Gasteiger partial charge >= 0.3 is 0 Å². The molecule has 1 aliphatic heterocycles. The molecule has 1 saturated heterocycles. The van der Waals surface area contributed by atoms with Crippen LogP contribution in [0.4, 0.5) is 5.82 Å². The van der Waals surface area contributed by atoms with Gasteiger partial charge in [-0.15, -0.1) is 24.0 Å². The van der Waals surface area contributed by atoms with Gasteiger partial charge in [0.2, 0.25) is 0 Å². The van der Waals surface area contributed by atoms with Gasteiger partial charge in [-0.05, 0) is 41.4 Å². The van der Waals surface area contributed by atoms with E-state index in [-0.39, 0.29) is 24.0 Å². The Kier molecular flexibility index (Phi) is 9.46. The fourth-order valence-corrected chi connectivity index (χ4v) is 3.98. The van der Waals surface area contributed by atoms with Crippen LogP contribution in [-0.4, -0.2) is 62.7 Å². The van der Waals surface area contributed by atoms with E-state index in [0.29, 0.717) is 12.5 Å². The number of aromatic nitrogens is 1. The normalized spacial score (nSPS) is 16.4. The molecule has 6 nitrogen and oxygen atoms in total. The zero-order valence-corrected chi connectivity index (χ0v) is 20.0. The number of pyridine rings is 1. The minimum absolute atomic E-state index is 0. The van der Waals surface area contributed by atoms with E-state index in [0.717, 1.165) is 44.5 Å². The molecule has 2 aromatic heterocycles. The van der Waals surface area contributed by atoms with Crippen molar-refractivity contribution in [2.24, 2.45) is 4.99 Å². The van der Waals surface area contributed by atoms with Crippen LogP contribution in [0.5, 0.6) is 0 Å². The lowest BCUT2D eigenvalue weighted by Crippen LogP contribution is -2.45. The molecule has 0 saturated carbocycles. The molecule has 3 heterocycles. The molecule has 3 rings (SSSR count). The lowest BCUT2D eigenvalue weighted by molar-refractivity contribution is 0.312. The summed E-state index contributed by atoms with van der Waals surface area (Å²) in [5.74, 6) is 2.36. The SMILES string of the molecule is CN=C(NCc1cccnc1N1CCN(C)CC1)NCC(C)c1ccsc1.I. The number of thiophene rings is 1. The molecule has 8 heteroatoms. The molecule has 2 aromatic rings. The van der Waals surface area contributed by atoms with Crippen molar-refractivity contribution in [3.63, 3.8) is 0 Å². The molecule has 0 radical (unpaired) electrons. The van der Waals surface area contributed by atoms with Crippen LogP contribution in [0, 0.1) is 0 Å². The van der Waals surface area contributed by atoms with E-state index in [9.17, 15) is 0 Å². The molecular formula is C20H31IN6S. The van der Waals surface area contributed by atoms with Gasteiger partial charge < -0.3 is 20.4 Å². The third kappa shape index (κ3) is 6.31. The average Bonchev–Trinajstić information content (AvgIpc) is 3.24. The van der Waals surface area contributed by atoms with Gasteiger partial charge in [-0.25, -0.2) is 4.98 Å². The second-order valence-corrected chi connectivity index (χ2v) is 7.82. The van der Waals surface area contributed by atoms with E-state index in [2.05, 4.69) is 67.3 Å². The predicted molar refractivity (Wildman–Crippen MR) is 130 cm³/mol. The van der Waals surface area contributed by atoms with E-state index in [4.69, 9.17) is 0 Å². The number of rotatable bonds is 6. The molecule has 1 fully saturated rings. The van der Waals surface area contributed by atoms with Gasteiger partial charge in [-0.3, -0.25) is 4.99 Å². The highest BCUT2D eigenvalue weighted by Crippen LogP contribution is 2.19. The Morgan fingerprint density at radius 2 is 2.04 bits per heavy atom. The standard InChI is InChI=1S/C20H30N6S.HI/c1-16(18-6-12-27-15-18)13-23-20(21-2)24-14-17-5-4-7-22-19(17)26-10-8-25(3)9-11-26;/h4-7,12,15-16H,8-11,13-14H2,1-3H3,(H2,21,23,24);1H. The van der Waals surface area contributed by atoms with Crippen molar-refractivity contribution in [2.45, 2.75) is 19.4 Å². The number of nitrogens with zero attached hydrogens (tertiary/aromatic N) is 4. The zero-order chi connectivity index (χ0) is 19.1. The van der Waals surface area contributed by atoms with E-state index in [1.807, 2.05) is 19.3 Å². The molecule has 154 valence electrons. The maximum atomic E-state index is 4.65. The summed E-state index contributed by atoms with van der Waals surface area (Å²) in [6, 6.07) is 6.34. The van der Waals surface area contributed by atoms with Gasteiger partial charge in [0, 0.05) is 58.1 Å². The van der Waals surface area contributed by atoms with Crippen molar-refractivity contribution in [1.29, 1.82) is 0 Å². The largest absolute Gasteiger partial charge is 0.356 e. The number of hydrogen-bond acceptors (Lipinski definition) is 5. The summed E-state index contributed by atoms with van der Waals surface area (Å²) in [6.45, 7) is 7.99. The van der Waals surface area contributed by atoms with Crippen molar-refractivity contribution in [3.8, 4) is 0 Å². The van der Waals surface area contributed by atoms with Crippen LogP contribution in [0.3, 0.4) is 0 Å². The summed E-state index contributed by atoms with van der Waals surface area (Å²) in [5.41, 5.74) is 2.57. The number of piperazine rings is 1. The first kappa shape index (κ1) is 22.9. The predicted octanol–water partition coefficient (Wildman–Crippen LogP) is 2.98. The number of guanidine groups is 1. The molecule has 0 aromatic carbocycles. The Morgan fingerprint density at radius 3 is 2.71 bits per heavy atom. The van der Waals surface area contributed by atoms with Gasteiger partial charge in [-0.2, -0.15) is 11.3 Å². The minimum Gasteiger partial charge on any atom is -0.356 e. The van der Waals surface area contributed by atoms with Crippen LogP contribution in [0.2, 0.25) is 0 Å². The molecule has 0 bridgehead atoms. The Morgan fingerprint density at radius 1 is 1.25 bits per heavy atom. The first-order valence-corrected chi connectivity index (χ1v) is 10.5. The second kappa shape index (κ2) is 11.6.